The predicted octanol–water partition coefficient (Wildman–Crippen LogP) is 2.96. The number of rotatable bonds is 4. The summed E-state index contributed by atoms with van der Waals surface area (Å²) in [5.74, 6) is 1.24. The van der Waals surface area contributed by atoms with Crippen LogP contribution in [0.25, 0.3) is 0 Å². The monoisotopic (exact) mass is 261 g/mol. The number of benzene rings is 1. The van der Waals surface area contributed by atoms with E-state index in [0.29, 0.717) is 17.9 Å². The van der Waals surface area contributed by atoms with Crippen molar-refractivity contribution in [3.63, 3.8) is 0 Å². The molecule has 1 aliphatic rings. The van der Waals surface area contributed by atoms with E-state index >= 15 is 0 Å². The molecule has 1 aliphatic carbocycles. The highest BCUT2D eigenvalue weighted by atomic mass is 16.3. The molecular weight excluding hydrogens is 234 g/mol. The minimum absolute atomic E-state index is 0.167. The van der Waals surface area contributed by atoms with Crippen LogP contribution < -0.4 is 0 Å². The van der Waals surface area contributed by atoms with Gasteiger partial charge in [0.15, 0.2) is 0 Å². The Morgan fingerprint density at radius 3 is 2.47 bits per heavy atom. The van der Waals surface area contributed by atoms with E-state index in [1.54, 1.807) is 0 Å². The summed E-state index contributed by atoms with van der Waals surface area (Å²) in [5, 5.41) is 10.3. The van der Waals surface area contributed by atoms with Crippen LogP contribution in [0.2, 0.25) is 0 Å². The molecule has 1 saturated carbocycles. The lowest BCUT2D eigenvalue weighted by molar-refractivity contribution is -0.0135. The van der Waals surface area contributed by atoms with E-state index in [0.717, 1.165) is 19.4 Å². The van der Waals surface area contributed by atoms with Crippen molar-refractivity contribution >= 4 is 0 Å². The van der Waals surface area contributed by atoms with E-state index in [1.807, 2.05) is 0 Å². The van der Waals surface area contributed by atoms with E-state index < -0.39 is 0 Å². The molecular formula is C17H27NO. The van der Waals surface area contributed by atoms with Crippen LogP contribution in [0.15, 0.2) is 30.3 Å². The second-order valence-electron chi connectivity index (χ2n) is 6.33. The molecule has 1 fully saturated rings. The van der Waals surface area contributed by atoms with Crippen LogP contribution >= 0.6 is 0 Å². The van der Waals surface area contributed by atoms with Gasteiger partial charge in [0.25, 0.3) is 0 Å². The van der Waals surface area contributed by atoms with Gasteiger partial charge in [-0.25, -0.2) is 0 Å². The first kappa shape index (κ1) is 14.5. The van der Waals surface area contributed by atoms with Crippen LogP contribution in [-0.4, -0.2) is 35.7 Å². The van der Waals surface area contributed by atoms with Crippen molar-refractivity contribution in [1.82, 2.24) is 4.90 Å². The lowest BCUT2D eigenvalue weighted by Gasteiger charge is -2.42. The highest BCUT2D eigenvalue weighted by molar-refractivity contribution is 5.14. The highest BCUT2D eigenvalue weighted by Crippen LogP contribution is 2.31. The van der Waals surface area contributed by atoms with Crippen molar-refractivity contribution < 1.29 is 5.11 Å². The van der Waals surface area contributed by atoms with Crippen molar-refractivity contribution in [1.29, 1.82) is 0 Å². The Bertz CT molecular complexity index is 366. The number of aliphatic hydroxyl groups is 1. The van der Waals surface area contributed by atoms with E-state index in [-0.39, 0.29) is 6.10 Å². The molecule has 2 rings (SSSR count). The summed E-state index contributed by atoms with van der Waals surface area (Å²) in [6.07, 6.45) is 3.07. The van der Waals surface area contributed by atoms with Gasteiger partial charge in [-0.1, -0.05) is 44.2 Å². The molecule has 0 heterocycles. The molecule has 0 saturated heterocycles. The third-order valence-electron chi connectivity index (χ3n) is 4.50. The number of nitrogens with zero attached hydrogens (tertiary/aromatic N) is 1. The number of hydrogen-bond donors (Lipinski definition) is 1. The van der Waals surface area contributed by atoms with E-state index in [4.69, 9.17) is 0 Å². The second-order valence-corrected chi connectivity index (χ2v) is 6.33. The van der Waals surface area contributed by atoms with Gasteiger partial charge in [0, 0.05) is 12.6 Å². The fourth-order valence-electron chi connectivity index (χ4n) is 3.63. The Balaban J connectivity index is 1.90. The molecule has 2 heteroatoms. The van der Waals surface area contributed by atoms with Gasteiger partial charge in [-0.3, -0.25) is 0 Å². The van der Waals surface area contributed by atoms with E-state index in [2.05, 4.69) is 56.1 Å². The lowest BCUT2D eigenvalue weighted by Crippen LogP contribution is -2.50. The highest BCUT2D eigenvalue weighted by Gasteiger charge is 2.34. The van der Waals surface area contributed by atoms with Gasteiger partial charge >= 0.3 is 0 Å². The van der Waals surface area contributed by atoms with Crippen molar-refractivity contribution in [3.8, 4) is 0 Å². The van der Waals surface area contributed by atoms with Crippen LogP contribution in [0.5, 0.6) is 0 Å². The van der Waals surface area contributed by atoms with Crippen molar-refractivity contribution in [3.05, 3.63) is 35.9 Å². The maximum Gasteiger partial charge on any atom is 0.0700 e. The summed E-state index contributed by atoms with van der Waals surface area (Å²) in [6, 6.07) is 10.9. The molecule has 0 radical (unpaired) electrons. The Labute approximate surface area is 117 Å². The molecule has 4 atom stereocenters. The molecule has 1 aromatic carbocycles. The molecule has 2 nitrogen and oxygen atoms in total. The third kappa shape index (κ3) is 3.80. The Hall–Kier alpha value is -0.860. The molecule has 19 heavy (non-hydrogen) atoms. The quantitative estimate of drug-likeness (QED) is 0.901. The minimum Gasteiger partial charge on any atom is -0.391 e. The van der Waals surface area contributed by atoms with Crippen LogP contribution in [0.1, 0.15) is 32.3 Å². The molecule has 0 amide bonds. The van der Waals surface area contributed by atoms with Gasteiger partial charge < -0.3 is 10.0 Å². The average Bonchev–Trinajstić information content (AvgIpc) is 2.36. The molecule has 106 valence electrons. The van der Waals surface area contributed by atoms with Gasteiger partial charge in [-0.15, -0.1) is 0 Å². The zero-order valence-electron chi connectivity index (χ0n) is 12.4. The van der Waals surface area contributed by atoms with Crippen molar-refractivity contribution in [2.24, 2.45) is 11.8 Å². The van der Waals surface area contributed by atoms with E-state index in [9.17, 15) is 5.11 Å². The zero-order chi connectivity index (χ0) is 13.8. The van der Waals surface area contributed by atoms with Gasteiger partial charge in [0.2, 0.25) is 0 Å². The fraction of sp³-hybridized carbons (Fsp3) is 0.647. The summed E-state index contributed by atoms with van der Waals surface area (Å²) in [5.41, 5.74) is 1.38. The van der Waals surface area contributed by atoms with Crippen LogP contribution in [-0.2, 0) is 6.42 Å². The summed E-state index contributed by atoms with van der Waals surface area (Å²) in [4.78, 5) is 2.36. The number of aliphatic hydroxyl groups excluding tert-OH is 1. The number of likely N-dealkylation sites (N-methyl/N-ethyl adjacent to an activating group) is 1. The molecule has 0 bridgehead atoms. The average molecular weight is 261 g/mol. The molecule has 1 N–H and O–H groups in total. The minimum atomic E-state index is -0.167. The first-order valence-corrected chi connectivity index (χ1v) is 7.50. The summed E-state index contributed by atoms with van der Waals surface area (Å²) in [7, 11) is 2.16. The maximum atomic E-state index is 10.3. The fourth-order valence-corrected chi connectivity index (χ4v) is 3.63. The largest absolute Gasteiger partial charge is 0.391 e. The summed E-state index contributed by atoms with van der Waals surface area (Å²) in [6.45, 7) is 5.55. The van der Waals surface area contributed by atoms with Crippen molar-refractivity contribution in [2.45, 2.75) is 45.3 Å². The molecule has 1 aromatic rings. The van der Waals surface area contributed by atoms with Crippen LogP contribution in [0, 0.1) is 11.8 Å². The summed E-state index contributed by atoms with van der Waals surface area (Å²) >= 11 is 0. The number of hydrogen-bond acceptors (Lipinski definition) is 2. The Morgan fingerprint density at radius 1 is 1.16 bits per heavy atom. The standard InChI is InChI=1S/C17H27NO/c1-13-11-14(2)17(16(19)12-13)18(3)10-9-15-7-5-4-6-8-15/h4-8,13-14,16-17,19H,9-12H2,1-3H3. The maximum absolute atomic E-state index is 10.3. The van der Waals surface area contributed by atoms with Gasteiger partial charge in [-0.05, 0) is 43.7 Å². The third-order valence-corrected chi connectivity index (χ3v) is 4.50. The SMILES string of the molecule is CC1CC(C)C(N(C)CCc2ccccc2)C(O)C1. The lowest BCUT2D eigenvalue weighted by atomic mass is 9.77. The van der Waals surface area contributed by atoms with Crippen molar-refractivity contribution in [2.75, 3.05) is 13.6 Å². The van der Waals surface area contributed by atoms with Gasteiger partial charge in [0.1, 0.15) is 0 Å². The first-order valence-electron chi connectivity index (χ1n) is 7.50. The smallest absolute Gasteiger partial charge is 0.0700 e. The van der Waals surface area contributed by atoms with Gasteiger partial charge in [-0.2, -0.15) is 0 Å². The normalized spacial score (nSPS) is 31.6. The van der Waals surface area contributed by atoms with Crippen LogP contribution in [0.3, 0.4) is 0 Å². The Morgan fingerprint density at radius 2 is 1.84 bits per heavy atom. The zero-order valence-corrected chi connectivity index (χ0v) is 12.4. The van der Waals surface area contributed by atoms with Crippen LogP contribution in [0.4, 0.5) is 0 Å². The predicted molar refractivity (Wildman–Crippen MR) is 80.1 cm³/mol. The second kappa shape index (κ2) is 6.53. The Kier molecular flexibility index (Phi) is 5.00. The first-order chi connectivity index (χ1) is 9.08. The molecule has 0 spiro atoms. The summed E-state index contributed by atoms with van der Waals surface area (Å²) < 4.78 is 0. The van der Waals surface area contributed by atoms with Gasteiger partial charge in [0.05, 0.1) is 6.10 Å². The molecule has 0 aromatic heterocycles. The molecule has 4 unspecified atom stereocenters. The topological polar surface area (TPSA) is 23.5 Å². The molecule has 0 aliphatic heterocycles. The van der Waals surface area contributed by atoms with E-state index in [1.165, 1.54) is 12.0 Å².